The number of rotatable bonds is 5. The van der Waals surface area contributed by atoms with Crippen molar-refractivity contribution in [2.75, 3.05) is 0 Å². The van der Waals surface area contributed by atoms with Crippen LogP contribution in [0.25, 0.3) is 16.9 Å². The zero-order valence-electron chi connectivity index (χ0n) is 21.7. The molecule has 0 saturated heterocycles. The predicted molar refractivity (Wildman–Crippen MR) is 115 cm³/mol. The molecule has 0 saturated carbocycles. The molecular formula is C22H17F4N7O2. The zero-order valence-corrected chi connectivity index (χ0v) is 17.7. The summed E-state index contributed by atoms with van der Waals surface area (Å²) in [5.41, 5.74) is -3.24. The molecule has 1 atom stereocenters. The fraction of sp³-hybridized carbons (Fsp3) is 0.182. The van der Waals surface area contributed by atoms with E-state index in [2.05, 4.69) is 20.4 Å². The molecule has 0 spiro atoms. The number of nitrogens with zero attached hydrogens (tertiary/aromatic N) is 6. The number of halogens is 4. The monoisotopic (exact) mass is 491 g/mol. The van der Waals surface area contributed by atoms with Gasteiger partial charge in [-0.1, -0.05) is 17.3 Å². The van der Waals surface area contributed by atoms with E-state index >= 15 is 0 Å². The second kappa shape index (κ2) is 9.08. The van der Waals surface area contributed by atoms with Crippen molar-refractivity contribution in [3.63, 3.8) is 0 Å². The summed E-state index contributed by atoms with van der Waals surface area (Å²) in [5, 5.41) is 13.2. The maximum atomic E-state index is 14.8. The van der Waals surface area contributed by atoms with Gasteiger partial charge in [0.05, 0.1) is 36.7 Å². The fourth-order valence-corrected chi connectivity index (χ4v) is 3.14. The molecule has 1 aromatic carbocycles. The van der Waals surface area contributed by atoms with E-state index in [9.17, 15) is 27.2 Å². The molecular weight excluding hydrogens is 470 g/mol. The molecule has 1 N–H and O–H groups in total. The summed E-state index contributed by atoms with van der Waals surface area (Å²) in [4.78, 5) is 29.6. The van der Waals surface area contributed by atoms with Crippen LogP contribution in [0.5, 0.6) is 0 Å². The Morgan fingerprint density at radius 2 is 2.00 bits per heavy atom. The van der Waals surface area contributed by atoms with Gasteiger partial charge in [0.25, 0.3) is 11.5 Å². The third kappa shape index (κ3) is 4.78. The molecule has 0 aliphatic carbocycles. The van der Waals surface area contributed by atoms with Crippen LogP contribution >= 0.6 is 0 Å². The smallest absolute Gasteiger partial charge is 0.344 e. The first-order valence-electron chi connectivity index (χ1n) is 11.7. The van der Waals surface area contributed by atoms with E-state index in [0.29, 0.717) is 23.4 Å². The second-order valence-corrected chi connectivity index (χ2v) is 7.14. The third-order valence-corrected chi connectivity index (χ3v) is 4.82. The van der Waals surface area contributed by atoms with Crippen LogP contribution < -0.4 is 10.9 Å². The maximum absolute atomic E-state index is 14.8. The van der Waals surface area contributed by atoms with Gasteiger partial charge in [0.1, 0.15) is 11.5 Å². The topological polar surface area (TPSA) is 108 Å². The molecule has 0 aliphatic heterocycles. The highest BCUT2D eigenvalue weighted by molar-refractivity contribution is 5.92. The Balaban J connectivity index is 1.75. The van der Waals surface area contributed by atoms with Gasteiger partial charge in [-0.3, -0.25) is 14.6 Å². The fourth-order valence-electron chi connectivity index (χ4n) is 3.14. The second-order valence-electron chi connectivity index (χ2n) is 7.14. The van der Waals surface area contributed by atoms with E-state index < -0.39 is 53.2 Å². The lowest BCUT2D eigenvalue weighted by molar-refractivity contribution is -0.140. The number of hydrogen-bond acceptors (Lipinski definition) is 6. The standard InChI is InChI=1S/C22H17F4N7O2/c1-12(15-4-3-5-16(20(15)23)22(24,25)26)29-21(35)17-6-7-19(34)33(30-17)14-8-13(9-27-10-14)18-11-28-31-32(18)2/h3-12H,1-2H3,(H,29,35)/t12-/m1/s1/i1D3,12D. The summed E-state index contributed by atoms with van der Waals surface area (Å²) in [7, 11) is 1.62. The predicted octanol–water partition coefficient (Wildman–Crippen LogP) is 3.07. The van der Waals surface area contributed by atoms with Crippen LogP contribution in [0.4, 0.5) is 17.6 Å². The molecule has 4 rings (SSSR count). The molecule has 9 nitrogen and oxygen atoms in total. The maximum Gasteiger partial charge on any atom is 0.419 e. The molecule has 0 aliphatic rings. The number of nitrogens with one attached hydrogen (secondary N) is 1. The van der Waals surface area contributed by atoms with Crippen molar-refractivity contribution in [2.24, 2.45) is 7.05 Å². The quantitative estimate of drug-likeness (QED) is 0.430. The number of carbonyl (C=O) groups excluding carboxylic acids is 1. The number of aryl methyl sites for hydroxylation is 1. The highest BCUT2D eigenvalue weighted by atomic mass is 19.4. The van der Waals surface area contributed by atoms with Crippen LogP contribution in [-0.2, 0) is 13.2 Å². The van der Waals surface area contributed by atoms with Crippen molar-refractivity contribution in [2.45, 2.75) is 19.0 Å². The largest absolute Gasteiger partial charge is 0.419 e. The molecule has 3 aromatic heterocycles. The van der Waals surface area contributed by atoms with Crippen LogP contribution in [-0.4, -0.2) is 35.7 Å². The van der Waals surface area contributed by atoms with Crippen molar-refractivity contribution in [1.82, 2.24) is 35.1 Å². The Labute approximate surface area is 200 Å². The van der Waals surface area contributed by atoms with Gasteiger partial charge < -0.3 is 5.32 Å². The van der Waals surface area contributed by atoms with E-state index in [-0.39, 0.29) is 5.69 Å². The Hall–Kier alpha value is -4.42. The average molecular weight is 491 g/mol. The lowest BCUT2D eigenvalue weighted by Crippen LogP contribution is -2.31. The number of benzene rings is 1. The molecule has 0 radical (unpaired) electrons. The highest BCUT2D eigenvalue weighted by Crippen LogP contribution is 2.33. The normalized spacial score (nSPS) is 15.3. The number of aromatic nitrogens is 6. The van der Waals surface area contributed by atoms with Gasteiger partial charge in [0.15, 0.2) is 0 Å². The van der Waals surface area contributed by atoms with E-state index in [4.69, 9.17) is 5.48 Å². The summed E-state index contributed by atoms with van der Waals surface area (Å²) in [6.07, 6.45) is -1.04. The van der Waals surface area contributed by atoms with Gasteiger partial charge >= 0.3 is 6.18 Å². The van der Waals surface area contributed by atoms with Gasteiger partial charge in [-0.05, 0) is 25.1 Å². The molecule has 0 fully saturated rings. The number of pyridine rings is 1. The molecule has 13 heteroatoms. The minimum atomic E-state index is -5.19. The van der Waals surface area contributed by atoms with Gasteiger partial charge in [0.2, 0.25) is 0 Å². The Morgan fingerprint density at radius 1 is 1.20 bits per heavy atom. The molecule has 1 amide bonds. The lowest BCUT2D eigenvalue weighted by Gasteiger charge is -2.17. The first-order chi connectivity index (χ1) is 18.1. The summed E-state index contributed by atoms with van der Waals surface area (Å²) in [5.74, 6) is -3.39. The van der Waals surface area contributed by atoms with Crippen LogP contribution in [0.15, 0.2) is 59.8 Å². The van der Waals surface area contributed by atoms with Gasteiger partial charge in [-0.15, -0.1) is 5.10 Å². The SMILES string of the molecule is [2H]C([2H])([2H])[C@@]([2H])(NC(=O)c1ccc(=O)n(-c2cncc(-c3cnnn3C)c2)n1)c1cccc(C(F)(F)F)c1F. The number of carbonyl (C=O) groups is 1. The minimum absolute atomic E-state index is 0.0882. The Morgan fingerprint density at radius 3 is 2.69 bits per heavy atom. The number of hydrogen-bond donors (Lipinski definition) is 1. The molecule has 4 aromatic rings. The summed E-state index contributed by atoms with van der Waals surface area (Å²) in [6, 6.07) is 1.72. The molecule has 3 heterocycles. The zero-order chi connectivity index (χ0) is 28.8. The van der Waals surface area contributed by atoms with Gasteiger partial charge in [0, 0.05) is 34.6 Å². The number of alkyl halides is 3. The minimum Gasteiger partial charge on any atom is -0.344 e. The first kappa shape index (κ1) is 18.9. The highest BCUT2D eigenvalue weighted by Gasteiger charge is 2.35. The van der Waals surface area contributed by atoms with E-state index in [1.54, 1.807) is 12.4 Å². The van der Waals surface area contributed by atoms with Crippen molar-refractivity contribution in [1.29, 1.82) is 0 Å². The van der Waals surface area contributed by atoms with E-state index in [1.807, 2.05) is 0 Å². The van der Waals surface area contributed by atoms with Crippen molar-refractivity contribution in [3.8, 4) is 16.9 Å². The van der Waals surface area contributed by atoms with Crippen molar-refractivity contribution in [3.05, 3.63) is 88.0 Å². The van der Waals surface area contributed by atoms with Crippen molar-refractivity contribution < 1.29 is 27.8 Å². The Kier molecular flexibility index (Phi) is 4.92. The molecule has 0 unspecified atom stereocenters. The van der Waals surface area contributed by atoms with E-state index in [1.165, 1.54) is 29.3 Å². The summed E-state index contributed by atoms with van der Waals surface area (Å²) >= 11 is 0. The van der Waals surface area contributed by atoms with Gasteiger partial charge in [-0.25, -0.2) is 9.07 Å². The van der Waals surface area contributed by atoms with E-state index in [0.717, 1.165) is 22.9 Å². The molecule has 180 valence electrons. The van der Waals surface area contributed by atoms with Crippen LogP contribution in [0.3, 0.4) is 0 Å². The number of amides is 1. The van der Waals surface area contributed by atoms with Crippen LogP contribution in [0.2, 0.25) is 0 Å². The molecule has 35 heavy (non-hydrogen) atoms. The van der Waals surface area contributed by atoms with Crippen LogP contribution in [0.1, 0.15) is 40.0 Å². The summed E-state index contributed by atoms with van der Waals surface area (Å²) < 4.78 is 88.3. The molecule has 0 bridgehead atoms. The third-order valence-electron chi connectivity index (χ3n) is 4.82. The van der Waals surface area contributed by atoms with Crippen molar-refractivity contribution >= 4 is 5.91 Å². The van der Waals surface area contributed by atoms with Crippen LogP contribution in [0, 0.1) is 5.82 Å². The lowest BCUT2D eigenvalue weighted by atomic mass is 10.0. The summed E-state index contributed by atoms with van der Waals surface area (Å²) in [6.45, 7) is -3.53. The Bertz CT molecular complexity index is 1620. The van der Waals surface area contributed by atoms with Gasteiger partial charge in [-0.2, -0.15) is 23.0 Å². The first-order valence-corrected chi connectivity index (χ1v) is 9.73. The average Bonchev–Trinajstić information content (AvgIpc) is 3.28.